The first-order valence-electron chi connectivity index (χ1n) is 5.28. The fourth-order valence-corrected chi connectivity index (χ4v) is 1.74. The Morgan fingerprint density at radius 1 is 1.26 bits per heavy atom. The summed E-state index contributed by atoms with van der Waals surface area (Å²) in [5.41, 5.74) is 0.199. The summed E-state index contributed by atoms with van der Waals surface area (Å²) in [5, 5.41) is 7.23. The van der Waals surface area contributed by atoms with E-state index in [4.69, 9.17) is 23.2 Å². The average Bonchev–Trinajstić information content (AvgIpc) is 2.37. The van der Waals surface area contributed by atoms with Gasteiger partial charge in [-0.1, -0.05) is 23.2 Å². The average molecular weight is 298 g/mol. The van der Waals surface area contributed by atoms with Gasteiger partial charge in [0.2, 0.25) is 0 Å². The minimum absolute atomic E-state index is 0.109. The molecule has 0 unspecified atom stereocenters. The van der Waals surface area contributed by atoms with Crippen molar-refractivity contribution in [3.8, 4) is 0 Å². The van der Waals surface area contributed by atoms with Crippen LogP contribution in [0.5, 0.6) is 0 Å². The van der Waals surface area contributed by atoms with E-state index in [0.717, 1.165) is 4.68 Å². The first-order chi connectivity index (χ1) is 8.97. The topological polar surface area (TPSA) is 64.0 Å². The van der Waals surface area contributed by atoms with Crippen molar-refractivity contribution in [3.05, 3.63) is 56.4 Å². The molecule has 1 aromatic heterocycles. The maximum absolute atomic E-state index is 12.0. The number of aryl methyl sites for hydroxylation is 1. The summed E-state index contributed by atoms with van der Waals surface area (Å²) in [6, 6.07) is 7.33. The Kier molecular flexibility index (Phi) is 3.87. The predicted molar refractivity (Wildman–Crippen MR) is 73.9 cm³/mol. The molecule has 0 fully saturated rings. The van der Waals surface area contributed by atoms with Crippen molar-refractivity contribution in [3.63, 3.8) is 0 Å². The first-order valence-corrected chi connectivity index (χ1v) is 6.04. The Morgan fingerprint density at radius 2 is 2.00 bits per heavy atom. The van der Waals surface area contributed by atoms with Crippen LogP contribution >= 0.6 is 23.2 Å². The minimum Gasteiger partial charge on any atom is -0.319 e. The summed E-state index contributed by atoms with van der Waals surface area (Å²) < 4.78 is 1.08. The van der Waals surface area contributed by atoms with E-state index in [1.807, 2.05) is 0 Å². The number of rotatable bonds is 2. The number of nitrogens with zero attached hydrogens (tertiary/aromatic N) is 2. The molecule has 1 amide bonds. The van der Waals surface area contributed by atoms with Gasteiger partial charge in [0.1, 0.15) is 5.69 Å². The molecule has 0 atom stereocenters. The number of carbonyl (C=O) groups is 1. The lowest BCUT2D eigenvalue weighted by Gasteiger charge is -2.07. The van der Waals surface area contributed by atoms with Crippen LogP contribution in [0.2, 0.25) is 10.0 Å². The summed E-state index contributed by atoms with van der Waals surface area (Å²) >= 11 is 11.8. The van der Waals surface area contributed by atoms with Gasteiger partial charge in [-0.2, -0.15) is 5.10 Å². The highest BCUT2D eigenvalue weighted by atomic mass is 35.5. The number of amides is 1. The van der Waals surface area contributed by atoms with Gasteiger partial charge >= 0.3 is 0 Å². The van der Waals surface area contributed by atoms with Gasteiger partial charge in [0, 0.05) is 18.1 Å². The summed E-state index contributed by atoms with van der Waals surface area (Å²) in [7, 11) is 1.46. The van der Waals surface area contributed by atoms with Gasteiger partial charge in [-0.15, -0.1) is 0 Å². The molecular formula is C12H9Cl2N3O2. The highest BCUT2D eigenvalue weighted by Crippen LogP contribution is 2.25. The lowest BCUT2D eigenvalue weighted by molar-refractivity contribution is 0.102. The molecule has 7 heteroatoms. The van der Waals surface area contributed by atoms with Gasteiger partial charge in [-0.3, -0.25) is 9.59 Å². The standard InChI is InChI=1S/C12H9Cl2N3O2/c1-17-11(18)5-4-9(16-17)12(19)15-10-6-7(13)2-3-8(10)14/h2-6H,1H3,(H,15,19). The Balaban J connectivity index is 2.28. The van der Waals surface area contributed by atoms with Gasteiger partial charge in [-0.05, 0) is 24.3 Å². The Bertz CT molecular complexity index is 698. The molecule has 1 aromatic carbocycles. The molecule has 0 aliphatic heterocycles. The van der Waals surface area contributed by atoms with Crippen molar-refractivity contribution in [2.24, 2.45) is 7.05 Å². The van der Waals surface area contributed by atoms with Gasteiger partial charge < -0.3 is 5.32 Å². The number of benzene rings is 1. The van der Waals surface area contributed by atoms with Crippen molar-refractivity contribution >= 4 is 34.8 Å². The zero-order valence-corrected chi connectivity index (χ0v) is 11.4. The number of aromatic nitrogens is 2. The number of anilines is 1. The molecule has 1 heterocycles. The van der Waals surface area contributed by atoms with Gasteiger partial charge in [-0.25, -0.2) is 4.68 Å². The molecule has 0 spiro atoms. The van der Waals surface area contributed by atoms with Crippen LogP contribution in [0, 0.1) is 0 Å². The Labute approximate surface area is 118 Å². The lowest BCUT2D eigenvalue weighted by Crippen LogP contribution is -2.23. The van der Waals surface area contributed by atoms with Crippen molar-refractivity contribution in [1.29, 1.82) is 0 Å². The van der Waals surface area contributed by atoms with E-state index in [1.54, 1.807) is 12.1 Å². The number of hydrogen-bond donors (Lipinski definition) is 1. The van der Waals surface area contributed by atoms with Crippen molar-refractivity contribution < 1.29 is 4.79 Å². The molecule has 98 valence electrons. The number of halogens is 2. The molecule has 2 aromatic rings. The van der Waals surface area contributed by atoms with E-state index in [1.165, 1.54) is 25.2 Å². The van der Waals surface area contributed by atoms with E-state index >= 15 is 0 Å². The molecule has 5 nitrogen and oxygen atoms in total. The van der Waals surface area contributed by atoms with Gasteiger partial charge in [0.15, 0.2) is 0 Å². The molecule has 0 aliphatic carbocycles. The van der Waals surface area contributed by atoms with E-state index < -0.39 is 5.91 Å². The maximum Gasteiger partial charge on any atom is 0.276 e. The molecule has 2 rings (SSSR count). The first kappa shape index (κ1) is 13.6. The molecule has 0 saturated carbocycles. The largest absolute Gasteiger partial charge is 0.319 e. The summed E-state index contributed by atoms with van der Waals surface area (Å²) in [6.07, 6.45) is 0. The Morgan fingerprint density at radius 3 is 2.68 bits per heavy atom. The Hall–Kier alpha value is -1.85. The minimum atomic E-state index is -0.472. The van der Waals surface area contributed by atoms with Crippen LogP contribution in [-0.2, 0) is 7.05 Å². The number of nitrogens with one attached hydrogen (secondary N) is 1. The molecule has 0 aliphatic rings. The van der Waals surface area contributed by atoms with E-state index in [2.05, 4.69) is 10.4 Å². The summed E-state index contributed by atoms with van der Waals surface area (Å²) in [5.74, 6) is -0.472. The smallest absolute Gasteiger partial charge is 0.276 e. The summed E-state index contributed by atoms with van der Waals surface area (Å²) in [4.78, 5) is 23.1. The normalized spacial score (nSPS) is 10.3. The second-order valence-corrected chi connectivity index (χ2v) is 4.60. The molecule has 0 radical (unpaired) electrons. The maximum atomic E-state index is 12.0. The second-order valence-electron chi connectivity index (χ2n) is 3.76. The van der Waals surface area contributed by atoms with Crippen molar-refractivity contribution in [1.82, 2.24) is 9.78 Å². The predicted octanol–water partition coefficient (Wildman–Crippen LogP) is 2.34. The fourth-order valence-electron chi connectivity index (χ4n) is 1.40. The highest BCUT2D eigenvalue weighted by Gasteiger charge is 2.11. The quantitative estimate of drug-likeness (QED) is 0.925. The van der Waals surface area contributed by atoms with E-state index in [0.29, 0.717) is 15.7 Å². The third-order valence-electron chi connectivity index (χ3n) is 2.37. The summed E-state index contributed by atoms with van der Waals surface area (Å²) in [6.45, 7) is 0. The van der Waals surface area contributed by atoms with E-state index in [9.17, 15) is 9.59 Å². The monoisotopic (exact) mass is 297 g/mol. The van der Waals surface area contributed by atoms with E-state index in [-0.39, 0.29) is 11.3 Å². The molecule has 0 bridgehead atoms. The van der Waals surface area contributed by atoms with Crippen LogP contribution in [0.4, 0.5) is 5.69 Å². The number of carbonyl (C=O) groups excluding carboxylic acids is 1. The highest BCUT2D eigenvalue weighted by molar-refractivity contribution is 6.35. The zero-order chi connectivity index (χ0) is 14.0. The van der Waals surface area contributed by atoms with Crippen LogP contribution < -0.4 is 10.9 Å². The fraction of sp³-hybridized carbons (Fsp3) is 0.0833. The van der Waals surface area contributed by atoms with Gasteiger partial charge in [0.25, 0.3) is 11.5 Å². The van der Waals surface area contributed by atoms with Crippen LogP contribution in [0.25, 0.3) is 0 Å². The van der Waals surface area contributed by atoms with Crippen LogP contribution in [0.15, 0.2) is 35.1 Å². The second kappa shape index (κ2) is 5.42. The molecular weight excluding hydrogens is 289 g/mol. The molecule has 0 saturated heterocycles. The SMILES string of the molecule is Cn1nc(C(=O)Nc2cc(Cl)ccc2Cl)ccc1=O. The van der Waals surface area contributed by atoms with Crippen molar-refractivity contribution in [2.75, 3.05) is 5.32 Å². The lowest BCUT2D eigenvalue weighted by atomic mass is 10.3. The zero-order valence-electron chi connectivity index (χ0n) is 9.85. The third-order valence-corrected chi connectivity index (χ3v) is 2.93. The third kappa shape index (κ3) is 3.13. The van der Waals surface area contributed by atoms with Crippen LogP contribution in [-0.4, -0.2) is 15.7 Å². The molecule has 19 heavy (non-hydrogen) atoms. The molecule has 1 N–H and O–H groups in total. The van der Waals surface area contributed by atoms with Crippen LogP contribution in [0.1, 0.15) is 10.5 Å². The van der Waals surface area contributed by atoms with Crippen LogP contribution in [0.3, 0.4) is 0 Å². The number of hydrogen-bond acceptors (Lipinski definition) is 3. The van der Waals surface area contributed by atoms with Crippen molar-refractivity contribution in [2.45, 2.75) is 0 Å². The van der Waals surface area contributed by atoms with Gasteiger partial charge in [0.05, 0.1) is 10.7 Å².